The number of carbonyl (C=O) groups excluding carboxylic acids is 1. The summed E-state index contributed by atoms with van der Waals surface area (Å²) in [7, 11) is 0. The molecule has 1 aliphatic carbocycles. The predicted molar refractivity (Wildman–Crippen MR) is 126 cm³/mol. The highest BCUT2D eigenvalue weighted by molar-refractivity contribution is 8.00. The van der Waals surface area contributed by atoms with Gasteiger partial charge in [-0.1, -0.05) is 42.1 Å². The molecule has 5 nitrogen and oxygen atoms in total. The van der Waals surface area contributed by atoms with E-state index in [0.717, 1.165) is 30.5 Å². The van der Waals surface area contributed by atoms with Gasteiger partial charge < -0.3 is 0 Å². The fourth-order valence-electron chi connectivity index (χ4n) is 4.65. The highest BCUT2D eigenvalue weighted by Crippen LogP contribution is 2.34. The highest BCUT2D eigenvalue weighted by atomic mass is 32.2. The van der Waals surface area contributed by atoms with E-state index in [1.165, 1.54) is 29.1 Å². The number of hydrogen-bond donors (Lipinski definition) is 0. The Kier molecular flexibility index (Phi) is 5.18. The van der Waals surface area contributed by atoms with Crippen LogP contribution in [0.5, 0.6) is 0 Å². The minimum absolute atomic E-state index is 0.0504. The second-order valence-corrected chi connectivity index (χ2v) is 9.35. The monoisotopic (exact) mass is 431 g/mol. The van der Waals surface area contributed by atoms with E-state index < -0.39 is 0 Å². The molecule has 0 spiro atoms. The minimum Gasteiger partial charge on any atom is -0.287 e. The number of nitrogens with zero attached hydrogens (tertiary/aromatic N) is 3. The molecule has 0 aliphatic heterocycles. The lowest BCUT2D eigenvalue weighted by atomic mass is 9.95. The molecule has 0 fully saturated rings. The van der Waals surface area contributed by atoms with Crippen molar-refractivity contribution in [3.8, 4) is 0 Å². The zero-order valence-electron chi connectivity index (χ0n) is 17.8. The first-order chi connectivity index (χ1) is 15.1. The summed E-state index contributed by atoms with van der Waals surface area (Å²) in [5, 5.41) is 2.03. The Hall–Kier alpha value is -2.86. The molecule has 0 saturated heterocycles. The van der Waals surface area contributed by atoms with Crippen LogP contribution in [-0.4, -0.2) is 25.3 Å². The molecule has 31 heavy (non-hydrogen) atoms. The Balaban J connectivity index is 1.56. The molecule has 1 atom stereocenters. The predicted octanol–water partition coefficient (Wildman–Crippen LogP) is 5.07. The summed E-state index contributed by atoms with van der Waals surface area (Å²) in [5.74, 6) is 0.0504. The molecular weight excluding hydrogens is 406 g/mol. The third-order valence-corrected chi connectivity index (χ3v) is 7.25. The van der Waals surface area contributed by atoms with Crippen LogP contribution in [0.2, 0.25) is 0 Å². The van der Waals surface area contributed by atoms with Crippen molar-refractivity contribution >= 4 is 39.5 Å². The molecular formula is C25H25N3O2S. The van der Waals surface area contributed by atoms with Crippen molar-refractivity contribution in [3.05, 3.63) is 70.1 Å². The molecule has 0 radical (unpaired) electrons. The van der Waals surface area contributed by atoms with Crippen molar-refractivity contribution in [1.29, 1.82) is 0 Å². The van der Waals surface area contributed by atoms with Gasteiger partial charge in [0.25, 0.3) is 5.56 Å². The SMILES string of the molecule is CCn1c(SC(C)C(=O)n2c3c(c4ccccc42)CCCC3)nc2ccccc2c1=O. The average molecular weight is 432 g/mol. The molecule has 4 aromatic rings. The van der Waals surface area contributed by atoms with Crippen LogP contribution in [0.3, 0.4) is 0 Å². The molecule has 5 rings (SSSR count). The third-order valence-electron chi connectivity index (χ3n) is 6.17. The maximum absolute atomic E-state index is 13.7. The van der Waals surface area contributed by atoms with Crippen LogP contribution in [-0.2, 0) is 19.4 Å². The van der Waals surface area contributed by atoms with E-state index in [-0.39, 0.29) is 16.7 Å². The molecule has 2 aromatic carbocycles. The van der Waals surface area contributed by atoms with Crippen LogP contribution in [0.15, 0.2) is 58.5 Å². The van der Waals surface area contributed by atoms with Crippen LogP contribution in [0, 0.1) is 0 Å². The number of carbonyl (C=O) groups is 1. The van der Waals surface area contributed by atoms with Gasteiger partial charge in [-0.05, 0) is 63.3 Å². The lowest BCUT2D eigenvalue weighted by Gasteiger charge is -2.19. The van der Waals surface area contributed by atoms with Gasteiger partial charge in [0.05, 0.1) is 21.7 Å². The lowest BCUT2D eigenvalue weighted by molar-refractivity contribution is 0.0916. The van der Waals surface area contributed by atoms with Crippen LogP contribution < -0.4 is 5.56 Å². The zero-order valence-corrected chi connectivity index (χ0v) is 18.6. The Morgan fingerprint density at radius 2 is 1.77 bits per heavy atom. The van der Waals surface area contributed by atoms with Crippen molar-refractivity contribution in [2.45, 2.75) is 56.5 Å². The van der Waals surface area contributed by atoms with E-state index in [0.29, 0.717) is 22.6 Å². The van der Waals surface area contributed by atoms with E-state index >= 15 is 0 Å². The van der Waals surface area contributed by atoms with E-state index in [1.807, 2.05) is 54.8 Å². The summed E-state index contributed by atoms with van der Waals surface area (Å²) in [6.45, 7) is 4.37. The second-order valence-electron chi connectivity index (χ2n) is 8.04. The summed E-state index contributed by atoms with van der Waals surface area (Å²) in [6.07, 6.45) is 4.24. The first-order valence-corrected chi connectivity index (χ1v) is 11.8. The first-order valence-electron chi connectivity index (χ1n) is 10.9. The summed E-state index contributed by atoms with van der Waals surface area (Å²) >= 11 is 1.37. The number of thioether (sulfide) groups is 1. The maximum atomic E-state index is 13.7. The van der Waals surface area contributed by atoms with Crippen LogP contribution in [0.25, 0.3) is 21.8 Å². The molecule has 1 aliphatic rings. The fourth-order valence-corrected chi connectivity index (χ4v) is 5.67. The molecule has 158 valence electrons. The Bertz CT molecular complexity index is 1370. The normalized spacial score (nSPS) is 14.6. The summed E-state index contributed by atoms with van der Waals surface area (Å²) in [5.41, 5.74) is 4.08. The molecule has 0 amide bonds. The van der Waals surface area contributed by atoms with Gasteiger partial charge in [-0.25, -0.2) is 4.98 Å². The molecule has 0 saturated carbocycles. The molecule has 6 heteroatoms. The Labute approximate surface area is 185 Å². The van der Waals surface area contributed by atoms with Gasteiger partial charge in [-0.3, -0.25) is 18.7 Å². The summed E-state index contributed by atoms with van der Waals surface area (Å²) in [4.78, 5) is 31.3. The first kappa shape index (κ1) is 20.1. The number of fused-ring (bicyclic) bond motifs is 4. The van der Waals surface area contributed by atoms with E-state index in [9.17, 15) is 9.59 Å². The third kappa shape index (κ3) is 3.30. The van der Waals surface area contributed by atoms with E-state index in [1.54, 1.807) is 10.6 Å². The van der Waals surface area contributed by atoms with Gasteiger partial charge in [-0.2, -0.15) is 0 Å². The van der Waals surface area contributed by atoms with Crippen molar-refractivity contribution in [2.24, 2.45) is 0 Å². The number of para-hydroxylation sites is 2. The van der Waals surface area contributed by atoms with Crippen molar-refractivity contribution in [2.75, 3.05) is 0 Å². The van der Waals surface area contributed by atoms with Crippen molar-refractivity contribution < 1.29 is 4.79 Å². The number of hydrogen-bond acceptors (Lipinski definition) is 4. The largest absolute Gasteiger partial charge is 0.287 e. The highest BCUT2D eigenvalue weighted by Gasteiger charge is 2.27. The lowest BCUT2D eigenvalue weighted by Crippen LogP contribution is -2.27. The molecule has 0 bridgehead atoms. The summed E-state index contributed by atoms with van der Waals surface area (Å²) in [6, 6.07) is 15.6. The van der Waals surface area contributed by atoms with Gasteiger partial charge >= 0.3 is 0 Å². The number of benzene rings is 2. The Morgan fingerprint density at radius 3 is 2.58 bits per heavy atom. The second kappa shape index (κ2) is 8.00. The fraction of sp³-hybridized carbons (Fsp3) is 0.320. The number of aromatic nitrogens is 3. The van der Waals surface area contributed by atoms with Crippen LogP contribution >= 0.6 is 11.8 Å². The van der Waals surface area contributed by atoms with Crippen LogP contribution in [0.4, 0.5) is 0 Å². The van der Waals surface area contributed by atoms with Gasteiger partial charge in [0, 0.05) is 17.6 Å². The molecule has 2 heterocycles. The quantitative estimate of drug-likeness (QED) is 0.334. The standard InChI is InChI=1S/C25H25N3O2S/c1-3-27-24(30)19-12-4-7-13-20(19)26-25(27)31-16(2)23(29)28-21-14-8-5-10-17(21)18-11-6-9-15-22(18)28/h4-5,7-8,10,12-14,16H,3,6,9,11,15H2,1-2H3. The average Bonchev–Trinajstić information content (AvgIpc) is 3.13. The number of aryl methyl sites for hydroxylation is 1. The van der Waals surface area contributed by atoms with Crippen molar-refractivity contribution in [3.63, 3.8) is 0 Å². The molecule has 0 N–H and O–H groups in total. The van der Waals surface area contributed by atoms with Gasteiger partial charge in [0.2, 0.25) is 5.91 Å². The van der Waals surface area contributed by atoms with Crippen LogP contribution in [0.1, 0.15) is 42.7 Å². The smallest absolute Gasteiger partial charge is 0.262 e. The maximum Gasteiger partial charge on any atom is 0.262 e. The van der Waals surface area contributed by atoms with Gasteiger partial charge in [-0.15, -0.1) is 0 Å². The van der Waals surface area contributed by atoms with Crippen molar-refractivity contribution in [1.82, 2.24) is 14.1 Å². The minimum atomic E-state index is -0.368. The molecule has 1 unspecified atom stereocenters. The molecule has 2 aromatic heterocycles. The van der Waals surface area contributed by atoms with E-state index in [4.69, 9.17) is 4.98 Å². The summed E-state index contributed by atoms with van der Waals surface area (Å²) < 4.78 is 3.59. The topological polar surface area (TPSA) is 56.9 Å². The number of rotatable bonds is 4. The Morgan fingerprint density at radius 1 is 1.06 bits per heavy atom. The van der Waals surface area contributed by atoms with Gasteiger partial charge in [0.15, 0.2) is 5.16 Å². The zero-order chi connectivity index (χ0) is 21.5. The van der Waals surface area contributed by atoms with E-state index in [2.05, 4.69) is 6.07 Å². The van der Waals surface area contributed by atoms with Gasteiger partial charge in [0.1, 0.15) is 0 Å².